The van der Waals surface area contributed by atoms with Gasteiger partial charge in [-0.25, -0.2) is 22.8 Å². The minimum Gasteiger partial charge on any atom is -0.474 e. The number of fused-ring (bicyclic) bond motifs is 3. The van der Waals surface area contributed by atoms with Crippen LogP contribution in [0.3, 0.4) is 0 Å². The summed E-state index contributed by atoms with van der Waals surface area (Å²) in [6, 6.07) is 30.7. The van der Waals surface area contributed by atoms with Crippen LogP contribution in [-0.4, -0.2) is 45.4 Å². The van der Waals surface area contributed by atoms with Crippen LogP contribution in [0.4, 0.5) is 10.5 Å². The number of nitrogens with one attached hydrogen (secondary N) is 2. The van der Waals surface area contributed by atoms with Crippen molar-refractivity contribution in [3.63, 3.8) is 0 Å². The summed E-state index contributed by atoms with van der Waals surface area (Å²) in [6.07, 6.45) is 6.87. The van der Waals surface area contributed by atoms with Gasteiger partial charge in [0.1, 0.15) is 17.0 Å². The fourth-order valence-corrected chi connectivity index (χ4v) is 11.6. The van der Waals surface area contributed by atoms with Crippen molar-refractivity contribution < 1.29 is 18.2 Å². The lowest BCUT2D eigenvalue weighted by Gasteiger charge is -2.45. The van der Waals surface area contributed by atoms with Crippen LogP contribution in [0.15, 0.2) is 108 Å². The summed E-state index contributed by atoms with van der Waals surface area (Å²) in [6.45, 7) is 11.6. The normalized spacial score (nSPS) is 17.7. The second-order valence-corrected chi connectivity index (χ2v) is 23.2. The second kappa shape index (κ2) is 14.1. The quantitative estimate of drug-likeness (QED) is 0.115. The van der Waals surface area contributed by atoms with E-state index in [9.17, 15) is 4.78 Å². The zero-order valence-corrected chi connectivity index (χ0v) is 34.2. The van der Waals surface area contributed by atoms with E-state index in [2.05, 4.69) is 50.3 Å². The molecule has 0 bridgehead atoms. The SMILES string of the molecule is CC(C)(C)[Si](C)(C)O[C@H]1COc2c([S@@](=N)(=O)N(C(=O)Nc3c4c(cc5c3CCC5)CCC4)C(c3ccccc3)(c3ccccc3)c3ccccc3)cnn2C1. The van der Waals surface area contributed by atoms with E-state index in [1.54, 1.807) is 4.68 Å². The van der Waals surface area contributed by atoms with Crippen LogP contribution in [0.5, 0.6) is 5.88 Å². The fraction of sp³-hybridized carbons (Fsp3) is 0.364. The number of carbonyl (C=O) groups is 1. The van der Waals surface area contributed by atoms with Crippen molar-refractivity contribution in [2.75, 3.05) is 11.9 Å². The molecule has 55 heavy (non-hydrogen) atoms. The van der Waals surface area contributed by atoms with Crippen LogP contribution in [0.2, 0.25) is 18.1 Å². The third-order valence-electron chi connectivity index (χ3n) is 12.1. The first-order valence-electron chi connectivity index (χ1n) is 19.4. The summed E-state index contributed by atoms with van der Waals surface area (Å²) in [7, 11) is -6.39. The maximum Gasteiger partial charge on any atom is 0.336 e. The molecule has 0 radical (unpaired) electrons. The first-order chi connectivity index (χ1) is 26.3. The number of hydrogen-bond acceptors (Lipinski definition) is 6. The van der Waals surface area contributed by atoms with E-state index in [4.69, 9.17) is 9.16 Å². The molecule has 8 rings (SSSR count). The predicted octanol–water partition coefficient (Wildman–Crippen LogP) is 9.49. The minimum absolute atomic E-state index is 0.000548. The van der Waals surface area contributed by atoms with Crippen molar-refractivity contribution in [2.45, 2.75) is 101 Å². The van der Waals surface area contributed by atoms with Gasteiger partial charge in [-0.1, -0.05) is 118 Å². The molecule has 2 aliphatic carbocycles. The smallest absolute Gasteiger partial charge is 0.336 e. The molecule has 2 atom stereocenters. The van der Waals surface area contributed by atoms with Gasteiger partial charge in [0, 0.05) is 5.69 Å². The van der Waals surface area contributed by atoms with Gasteiger partial charge in [0.2, 0.25) is 5.88 Å². The van der Waals surface area contributed by atoms with Gasteiger partial charge in [0.05, 0.1) is 18.8 Å². The van der Waals surface area contributed by atoms with Crippen molar-refractivity contribution in [3.05, 3.63) is 142 Å². The van der Waals surface area contributed by atoms with Crippen molar-refractivity contribution >= 4 is 30.0 Å². The average Bonchev–Trinajstić information content (AvgIpc) is 3.94. The van der Waals surface area contributed by atoms with Gasteiger partial charge < -0.3 is 14.5 Å². The Balaban J connectivity index is 1.33. The summed E-state index contributed by atoms with van der Waals surface area (Å²) >= 11 is 0. The molecule has 1 aliphatic heterocycles. The highest BCUT2D eigenvalue weighted by Gasteiger charge is 2.52. The molecule has 5 aromatic rings. The molecule has 3 aliphatic rings. The maximum absolute atomic E-state index is 16.1. The summed E-state index contributed by atoms with van der Waals surface area (Å²) in [5, 5.41) is 8.01. The van der Waals surface area contributed by atoms with Crippen LogP contribution in [0, 0.1) is 4.78 Å². The third-order valence-corrected chi connectivity index (χ3v) is 18.5. The molecule has 2 amide bonds. The van der Waals surface area contributed by atoms with Gasteiger partial charge in [-0.15, -0.1) is 0 Å². The highest BCUT2D eigenvalue weighted by atomic mass is 32.2. The molecule has 9 nitrogen and oxygen atoms in total. The molecular weight excluding hydrogens is 723 g/mol. The average molecular weight is 774 g/mol. The number of ether oxygens (including phenoxy) is 1. The number of nitrogens with zero attached hydrogens (tertiary/aromatic N) is 3. The van der Waals surface area contributed by atoms with Crippen molar-refractivity contribution in [1.82, 2.24) is 14.1 Å². The van der Waals surface area contributed by atoms with Crippen LogP contribution in [0.25, 0.3) is 0 Å². The van der Waals surface area contributed by atoms with Gasteiger partial charge in [-0.3, -0.25) is 0 Å². The molecule has 0 unspecified atom stereocenters. The zero-order chi connectivity index (χ0) is 38.6. The Bertz CT molecular complexity index is 2190. The number of aromatic nitrogens is 2. The number of aryl methyl sites for hydroxylation is 2. The van der Waals surface area contributed by atoms with Gasteiger partial charge in [-0.2, -0.15) is 5.10 Å². The van der Waals surface area contributed by atoms with E-state index < -0.39 is 29.8 Å². The van der Waals surface area contributed by atoms with E-state index in [0.29, 0.717) is 23.2 Å². The number of carbonyl (C=O) groups excluding carboxylic acids is 1. The highest BCUT2D eigenvalue weighted by Crippen LogP contribution is 2.48. The van der Waals surface area contributed by atoms with Gasteiger partial charge >= 0.3 is 6.03 Å². The minimum atomic E-state index is -4.24. The Labute approximate surface area is 326 Å². The lowest BCUT2D eigenvalue weighted by Crippen LogP contribution is -2.55. The number of rotatable bonds is 9. The summed E-state index contributed by atoms with van der Waals surface area (Å²) in [5.41, 5.74) is 6.19. The molecule has 2 N–H and O–H groups in total. The Hall–Kier alpha value is -4.71. The molecule has 0 fully saturated rings. The Morgan fingerprint density at radius 3 is 1.87 bits per heavy atom. The Kier molecular flexibility index (Phi) is 9.54. The molecule has 0 spiro atoms. The molecular formula is C44H51N5O4SSi. The highest BCUT2D eigenvalue weighted by molar-refractivity contribution is 7.90. The Morgan fingerprint density at radius 2 is 1.38 bits per heavy atom. The van der Waals surface area contributed by atoms with E-state index in [0.717, 1.165) is 55.3 Å². The van der Waals surface area contributed by atoms with Gasteiger partial charge in [-0.05, 0) is 95.6 Å². The van der Waals surface area contributed by atoms with E-state index in [-0.39, 0.29) is 28.5 Å². The first kappa shape index (κ1) is 37.2. The molecule has 11 heteroatoms. The van der Waals surface area contributed by atoms with Gasteiger partial charge in [0.15, 0.2) is 18.2 Å². The van der Waals surface area contributed by atoms with E-state index in [1.165, 1.54) is 21.6 Å². The molecule has 1 aromatic heterocycles. The zero-order valence-electron chi connectivity index (χ0n) is 32.4. The van der Waals surface area contributed by atoms with Crippen molar-refractivity contribution in [1.29, 1.82) is 4.78 Å². The molecule has 0 saturated carbocycles. The van der Waals surface area contributed by atoms with Crippen LogP contribution in [-0.2, 0) is 52.1 Å². The lowest BCUT2D eigenvalue weighted by atomic mass is 9.77. The summed E-state index contributed by atoms with van der Waals surface area (Å²) in [4.78, 5) is 15.8. The fourth-order valence-electron chi connectivity index (χ4n) is 8.48. The van der Waals surface area contributed by atoms with Crippen LogP contribution in [0.1, 0.15) is 72.6 Å². The summed E-state index contributed by atoms with van der Waals surface area (Å²) in [5.74, 6) is 0.220. The van der Waals surface area contributed by atoms with E-state index in [1.807, 2.05) is 91.0 Å². The second-order valence-electron chi connectivity index (χ2n) is 16.6. The predicted molar refractivity (Wildman–Crippen MR) is 219 cm³/mol. The molecule has 4 aromatic carbocycles. The monoisotopic (exact) mass is 773 g/mol. The topological polar surface area (TPSA) is 110 Å². The van der Waals surface area contributed by atoms with E-state index >= 15 is 9.00 Å². The van der Waals surface area contributed by atoms with Crippen molar-refractivity contribution in [3.8, 4) is 5.88 Å². The Morgan fingerprint density at radius 1 is 0.873 bits per heavy atom. The molecule has 0 saturated heterocycles. The number of urea groups is 1. The lowest BCUT2D eigenvalue weighted by molar-refractivity contribution is 0.0615. The summed E-state index contributed by atoms with van der Waals surface area (Å²) < 4.78 is 42.3. The standard InChI is InChI=1S/C44H51N5O4SSi/c1-43(2,3)55(4,5)53-36-29-48-41(52-30-36)39(28-46-48)54(45,51)49(42(50)47-40-37-25-15-17-31(37)27-32-18-16-26-38(32)40)44(33-19-9-6-10-20-33,34-21-11-7-12-22-34)35-23-13-8-14-24-35/h6-14,19-24,27-28,36,45H,15-18,25-26,29-30H2,1-5H3,(H,47,50)/t36-,54+/m1/s1. The number of hydrogen-bond donors (Lipinski definition) is 2. The molecule has 286 valence electrons. The first-order valence-corrected chi connectivity index (χ1v) is 23.8. The number of anilines is 1. The largest absolute Gasteiger partial charge is 0.474 e. The van der Waals surface area contributed by atoms with Crippen LogP contribution >= 0.6 is 0 Å². The van der Waals surface area contributed by atoms with Crippen molar-refractivity contribution in [2.24, 2.45) is 0 Å². The van der Waals surface area contributed by atoms with Crippen LogP contribution < -0.4 is 10.1 Å². The van der Waals surface area contributed by atoms with Gasteiger partial charge in [0.25, 0.3) is 0 Å². The number of amides is 2. The third kappa shape index (κ3) is 6.39. The maximum atomic E-state index is 16.1. The number of benzene rings is 4. The molecule has 2 heterocycles.